The van der Waals surface area contributed by atoms with Gasteiger partial charge in [-0.2, -0.15) is 0 Å². The van der Waals surface area contributed by atoms with Gasteiger partial charge in [0.25, 0.3) is 0 Å². The Morgan fingerprint density at radius 1 is 1.10 bits per heavy atom. The van der Waals surface area contributed by atoms with Gasteiger partial charge in [-0.05, 0) is 56.4 Å². The minimum absolute atomic E-state index is 0.0982. The van der Waals surface area contributed by atoms with E-state index >= 15 is 0 Å². The summed E-state index contributed by atoms with van der Waals surface area (Å²) >= 11 is 0. The monoisotopic (exact) mass is 535 g/mol. The number of aliphatic hydroxyl groups is 1. The molecule has 1 saturated carbocycles. The number of hydrogen-bond donors (Lipinski definition) is 2. The summed E-state index contributed by atoms with van der Waals surface area (Å²) in [5.41, 5.74) is 4.43. The maximum Gasteiger partial charge on any atom is 0.241 e. The van der Waals surface area contributed by atoms with E-state index in [0.29, 0.717) is 24.4 Å². The van der Waals surface area contributed by atoms with E-state index in [1.54, 1.807) is 7.11 Å². The first kappa shape index (κ1) is 26.4. The van der Waals surface area contributed by atoms with Crippen LogP contribution in [0.25, 0.3) is 16.6 Å². The fourth-order valence-electron chi connectivity index (χ4n) is 6.16. The van der Waals surface area contributed by atoms with Crippen LogP contribution in [0.5, 0.6) is 0 Å². The molecule has 2 aliphatic heterocycles. The minimum Gasteiger partial charge on any atom is -0.393 e. The van der Waals surface area contributed by atoms with E-state index in [1.807, 2.05) is 12.4 Å². The van der Waals surface area contributed by atoms with Gasteiger partial charge in [-0.3, -0.25) is 4.90 Å². The molecule has 0 unspecified atom stereocenters. The predicted molar refractivity (Wildman–Crippen MR) is 151 cm³/mol. The van der Waals surface area contributed by atoms with Crippen molar-refractivity contribution in [2.45, 2.75) is 50.7 Å². The summed E-state index contributed by atoms with van der Waals surface area (Å²) in [5, 5.41) is 18.4. The van der Waals surface area contributed by atoms with Crippen LogP contribution in [0, 0.1) is 5.92 Å². The number of nitrogens with zero attached hydrogens (tertiary/aromatic N) is 6. The number of fused-ring (bicyclic) bond motifs is 1. The van der Waals surface area contributed by atoms with Crippen molar-refractivity contribution >= 4 is 17.3 Å². The van der Waals surface area contributed by atoms with E-state index in [-0.39, 0.29) is 12.1 Å². The summed E-state index contributed by atoms with van der Waals surface area (Å²) in [6.07, 6.45) is 7.22. The van der Waals surface area contributed by atoms with Crippen molar-refractivity contribution in [2.75, 3.05) is 69.9 Å². The molecular formula is C29H41N7O3. The lowest BCUT2D eigenvalue weighted by atomic mass is 9.85. The van der Waals surface area contributed by atoms with Crippen molar-refractivity contribution in [3.63, 3.8) is 0 Å². The lowest BCUT2D eigenvalue weighted by molar-refractivity contribution is -0.0469. The third-order valence-electron chi connectivity index (χ3n) is 8.43. The summed E-state index contributed by atoms with van der Waals surface area (Å²) in [7, 11) is 1.70. The molecule has 10 nitrogen and oxygen atoms in total. The van der Waals surface area contributed by atoms with Crippen molar-refractivity contribution in [2.24, 2.45) is 5.92 Å². The predicted octanol–water partition coefficient (Wildman–Crippen LogP) is 3.03. The highest BCUT2D eigenvalue weighted by molar-refractivity contribution is 5.82. The maximum absolute atomic E-state index is 10.1. The Balaban J connectivity index is 1.27. The highest BCUT2D eigenvalue weighted by atomic mass is 16.5. The molecule has 3 aliphatic rings. The standard InChI is InChI=1S/C29H41N7O3/c1-20(17-38-2)32-29-31-15-27-25(14-26(36(27)33-29)22-3-5-24(37)6-4-22)23-7-8-30-28(13-23)35-11-9-34(10-12-35)16-21-18-39-19-21/h7-8,13-15,20-22,24,37H,3-6,9-12,16-19H2,1-2H3,(H,32,33)/t20-,22?,24?/m0/s1. The second kappa shape index (κ2) is 11.8. The van der Waals surface area contributed by atoms with Crippen molar-refractivity contribution in [1.29, 1.82) is 0 Å². The summed E-state index contributed by atoms with van der Waals surface area (Å²) in [6.45, 7) is 9.66. The van der Waals surface area contributed by atoms with Gasteiger partial charge >= 0.3 is 0 Å². The van der Waals surface area contributed by atoms with Gasteiger partial charge < -0.3 is 24.8 Å². The summed E-state index contributed by atoms with van der Waals surface area (Å²) in [4.78, 5) is 14.4. The van der Waals surface area contributed by atoms with E-state index in [1.165, 1.54) is 5.69 Å². The molecule has 0 spiro atoms. The number of anilines is 2. The third-order valence-corrected chi connectivity index (χ3v) is 8.43. The fraction of sp³-hybridized carbons (Fsp3) is 0.621. The normalized spacial score (nSPS) is 23.6. The molecule has 3 aromatic rings. The molecule has 0 aromatic carbocycles. The molecule has 210 valence electrons. The number of methoxy groups -OCH3 is 1. The van der Waals surface area contributed by atoms with Gasteiger partial charge in [0.2, 0.25) is 5.95 Å². The first-order valence-electron chi connectivity index (χ1n) is 14.4. The number of hydrogen-bond acceptors (Lipinski definition) is 9. The smallest absolute Gasteiger partial charge is 0.241 e. The van der Waals surface area contributed by atoms with Crippen LogP contribution >= 0.6 is 0 Å². The van der Waals surface area contributed by atoms with Gasteiger partial charge in [-0.15, -0.1) is 5.10 Å². The zero-order valence-corrected chi connectivity index (χ0v) is 23.1. The van der Waals surface area contributed by atoms with E-state index in [2.05, 4.69) is 49.7 Å². The molecule has 0 amide bonds. The van der Waals surface area contributed by atoms with E-state index in [4.69, 9.17) is 19.6 Å². The Kier molecular flexibility index (Phi) is 7.97. The largest absolute Gasteiger partial charge is 0.393 e. The second-order valence-corrected chi connectivity index (χ2v) is 11.5. The van der Waals surface area contributed by atoms with Crippen LogP contribution < -0.4 is 10.2 Å². The molecular weight excluding hydrogens is 494 g/mol. The number of rotatable bonds is 9. The Hall–Kier alpha value is -2.79. The fourth-order valence-corrected chi connectivity index (χ4v) is 6.16. The number of ether oxygens (including phenoxy) is 2. The topological polar surface area (TPSA) is 100 Å². The second-order valence-electron chi connectivity index (χ2n) is 11.5. The zero-order chi connectivity index (χ0) is 26.8. The minimum atomic E-state index is -0.195. The number of aliphatic hydroxyl groups excluding tert-OH is 1. The summed E-state index contributed by atoms with van der Waals surface area (Å²) in [5.74, 6) is 2.66. The number of piperazine rings is 1. The average Bonchev–Trinajstić information content (AvgIpc) is 3.31. The van der Waals surface area contributed by atoms with Crippen LogP contribution in [-0.4, -0.2) is 101 Å². The van der Waals surface area contributed by atoms with E-state index in [0.717, 1.165) is 94.1 Å². The highest BCUT2D eigenvalue weighted by Crippen LogP contribution is 2.38. The average molecular weight is 536 g/mol. The van der Waals surface area contributed by atoms with Gasteiger partial charge in [0.15, 0.2) is 0 Å². The molecule has 0 bridgehead atoms. The van der Waals surface area contributed by atoms with Gasteiger partial charge in [-0.1, -0.05) is 0 Å². The van der Waals surface area contributed by atoms with Crippen LogP contribution in [0.1, 0.15) is 44.2 Å². The first-order chi connectivity index (χ1) is 19.1. The molecule has 0 radical (unpaired) electrons. The third kappa shape index (κ3) is 5.89. The Morgan fingerprint density at radius 3 is 2.62 bits per heavy atom. The lowest BCUT2D eigenvalue weighted by Gasteiger charge is -2.38. The summed E-state index contributed by atoms with van der Waals surface area (Å²) in [6, 6.07) is 6.69. The van der Waals surface area contributed by atoms with Crippen LogP contribution in [0.15, 0.2) is 30.6 Å². The molecule has 3 fully saturated rings. The highest BCUT2D eigenvalue weighted by Gasteiger charge is 2.27. The maximum atomic E-state index is 10.1. The zero-order valence-electron chi connectivity index (χ0n) is 23.1. The molecule has 1 atom stereocenters. The molecule has 6 rings (SSSR count). The lowest BCUT2D eigenvalue weighted by Crippen LogP contribution is -2.50. The number of aromatic nitrogens is 4. The van der Waals surface area contributed by atoms with Crippen molar-refractivity contribution < 1.29 is 14.6 Å². The quantitative estimate of drug-likeness (QED) is 0.428. The molecule has 2 saturated heterocycles. The van der Waals surface area contributed by atoms with Crippen LogP contribution in [0.2, 0.25) is 0 Å². The number of pyridine rings is 1. The van der Waals surface area contributed by atoms with E-state index < -0.39 is 0 Å². The first-order valence-corrected chi connectivity index (χ1v) is 14.4. The SMILES string of the molecule is COC[C@H](C)Nc1ncc2c(-c3ccnc(N4CCN(CC5COC5)CC4)c3)cc(C3CCC(O)CC3)n2n1. The van der Waals surface area contributed by atoms with Gasteiger partial charge in [0.1, 0.15) is 5.82 Å². The van der Waals surface area contributed by atoms with Gasteiger partial charge in [0.05, 0.1) is 37.6 Å². The molecule has 5 heterocycles. The Bertz CT molecular complexity index is 1250. The summed E-state index contributed by atoms with van der Waals surface area (Å²) < 4.78 is 12.7. The van der Waals surface area contributed by atoms with Crippen LogP contribution in [0.4, 0.5) is 11.8 Å². The molecule has 2 N–H and O–H groups in total. The van der Waals surface area contributed by atoms with Crippen molar-refractivity contribution in [3.8, 4) is 11.1 Å². The van der Waals surface area contributed by atoms with Crippen molar-refractivity contribution in [1.82, 2.24) is 24.5 Å². The van der Waals surface area contributed by atoms with E-state index in [9.17, 15) is 5.11 Å². The number of nitrogens with one attached hydrogen (secondary N) is 1. The Labute approximate surface area is 230 Å². The van der Waals surface area contributed by atoms with Gasteiger partial charge in [-0.25, -0.2) is 14.5 Å². The Morgan fingerprint density at radius 2 is 1.90 bits per heavy atom. The van der Waals surface area contributed by atoms with Crippen molar-refractivity contribution in [3.05, 3.63) is 36.3 Å². The molecule has 3 aromatic heterocycles. The molecule has 1 aliphatic carbocycles. The van der Waals surface area contributed by atoms with Crippen LogP contribution in [-0.2, 0) is 9.47 Å². The molecule has 10 heteroatoms. The van der Waals surface area contributed by atoms with Gasteiger partial charge in [0, 0.05) is 75.2 Å². The van der Waals surface area contributed by atoms with Crippen LogP contribution in [0.3, 0.4) is 0 Å². The molecule has 39 heavy (non-hydrogen) atoms.